The van der Waals surface area contributed by atoms with Crippen molar-refractivity contribution in [2.24, 2.45) is 0 Å². The zero-order valence-electron chi connectivity index (χ0n) is 15.8. The van der Waals surface area contributed by atoms with Gasteiger partial charge in [0.2, 0.25) is 0 Å². The van der Waals surface area contributed by atoms with Crippen LogP contribution in [0, 0.1) is 0 Å². The highest BCUT2D eigenvalue weighted by atomic mass is 35.5. The lowest BCUT2D eigenvalue weighted by atomic mass is 10.1. The van der Waals surface area contributed by atoms with Crippen molar-refractivity contribution < 1.29 is 4.79 Å². The van der Waals surface area contributed by atoms with Crippen molar-refractivity contribution in [2.45, 2.75) is 19.3 Å². The molecule has 1 aliphatic heterocycles. The number of nitrogens with one attached hydrogen (secondary N) is 2. The maximum atomic E-state index is 12.7. The number of carbonyl (C=O) groups excluding carboxylic acids is 1. The minimum Gasteiger partial charge on any atom is -0.370 e. The first-order chi connectivity index (χ1) is 14.4. The number of anilines is 2. The Bertz CT molecular complexity index is 1130. The SMILES string of the molecule is O=C(NC(=S)Nc1ccc(N2CCCCC2)c(Cl)c1)c1sc2cc(Cl)ccc2c1Cl. The lowest BCUT2D eigenvalue weighted by molar-refractivity contribution is 0.0982. The average molecular weight is 499 g/mol. The van der Waals surface area contributed by atoms with Crippen LogP contribution in [0.5, 0.6) is 0 Å². The third kappa shape index (κ3) is 4.68. The molecular formula is C21H18Cl3N3OS2. The molecule has 0 unspecified atom stereocenters. The Hall–Kier alpha value is -1.57. The quantitative estimate of drug-likeness (QED) is 0.382. The zero-order chi connectivity index (χ0) is 21.3. The first-order valence-electron chi connectivity index (χ1n) is 9.47. The summed E-state index contributed by atoms with van der Waals surface area (Å²) < 4.78 is 0.844. The molecule has 0 radical (unpaired) electrons. The maximum absolute atomic E-state index is 12.7. The third-order valence-electron chi connectivity index (χ3n) is 4.93. The average Bonchev–Trinajstić information content (AvgIpc) is 3.04. The summed E-state index contributed by atoms with van der Waals surface area (Å²) in [4.78, 5) is 15.4. The predicted octanol–water partition coefficient (Wildman–Crippen LogP) is 6.98. The number of carbonyl (C=O) groups is 1. The van der Waals surface area contributed by atoms with Gasteiger partial charge in [-0.2, -0.15) is 0 Å². The molecule has 1 aromatic heterocycles. The molecule has 0 saturated carbocycles. The van der Waals surface area contributed by atoms with Crippen LogP contribution in [0.1, 0.15) is 28.9 Å². The summed E-state index contributed by atoms with van der Waals surface area (Å²) in [6, 6.07) is 11.0. The number of hydrogen-bond acceptors (Lipinski definition) is 4. The maximum Gasteiger partial charge on any atom is 0.269 e. The van der Waals surface area contributed by atoms with Crippen LogP contribution >= 0.6 is 58.4 Å². The molecule has 0 atom stereocenters. The molecule has 0 aliphatic carbocycles. The molecule has 9 heteroatoms. The van der Waals surface area contributed by atoms with E-state index in [9.17, 15) is 4.79 Å². The van der Waals surface area contributed by atoms with E-state index in [2.05, 4.69) is 15.5 Å². The molecule has 2 aromatic carbocycles. The van der Waals surface area contributed by atoms with Gasteiger partial charge in [0.1, 0.15) is 4.88 Å². The van der Waals surface area contributed by atoms with Crippen LogP contribution in [0.2, 0.25) is 15.1 Å². The first-order valence-corrected chi connectivity index (χ1v) is 11.8. The van der Waals surface area contributed by atoms with Gasteiger partial charge in [-0.25, -0.2) is 0 Å². The second-order valence-electron chi connectivity index (χ2n) is 7.01. The second-order valence-corrected chi connectivity index (χ2v) is 9.69. The van der Waals surface area contributed by atoms with Crippen molar-refractivity contribution >= 4 is 90.8 Å². The number of thiophene rings is 1. The Kier molecular flexibility index (Phi) is 6.70. The van der Waals surface area contributed by atoms with Crippen molar-refractivity contribution in [1.82, 2.24) is 5.32 Å². The van der Waals surface area contributed by atoms with Gasteiger partial charge in [-0.15, -0.1) is 11.3 Å². The van der Waals surface area contributed by atoms with Crippen molar-refractivity contribution in [3.63, 3.8) is 0 Å². The van der Waals surface area contributed by atoms with E-state index in [4.69, 9.17) is 47.0 Å². The summed E-state index contributed by atoms with van der Waals surface area (Å²) in [5.41, 5.74) is 1.73. The van der Waals surface area contributed by atoms with Crippen LogP contribution in [-0.4, -0.2) is 24.1 Å². The monoisotopic (exact) mass is 497 g/mol. The van der Waals surface area contributed by atoms with E-state index < -0.39 is 0 Å². The summed E-state index contributed by atoms with van der Waals surface area (Å²) in [7, 11) is 0. The van der Waals surface area contributed by atoms with Crippen LogP contribution < -0.4 is 15.5 Å². The summed E-state index contributed by atoms with van der Waals surface area (Å²) in [5.74, 6) is -0.370. The molecule has 1 saturated heterocycles. The predicted molar refractivity (Wildman–Crippen MR) is 133 cm³/mol. The minimum absolute atomic E-state index is 0.174. The molecule has 2 N–H and O–H groups in total. The highest BCUT2D eigenvalue weighted by molar-refractivity contribution is 7.80. The van der Waals surface area contributed by atoms with Crippen LogP contribution in [-0.2, 0) is 0 Å². The van der Waals surface area contributed by atoms with Gasteiger partial charge in [-0.1, -0.05) is 40.9 Å². The number of thiocarbonyl (C=S) groups is 1. The lowest BCUT2D eigenvalue weighted by Crippen LogP contribution is -2.34. The number of halogens is 3. The van der Waals surface area contributed by atoms with E-state index in [0.29, 0.717) is 25.6 Å². The molecule has 30 heavy (non-hydrogen) atoms. The van der Waals surface area contributed by atoms with Gasteiger partial charge in [0, 0.05) is 33.9 Å². The molecule has 2 heterocycles. The van der Waals surface area contributed by atoms with Crippen LogP contribution in [0.15, 0.2) is 36.4 Å². The van der Waals surface area contributed by atoms with Crippen LogP contribution in [0.25, 0.3) is 10.1 Å². The molecular weight excluding hydrogens is 481 g/mol. The molecule has 3 aromatic rings. The molecule has 4 nitrogen and oxygen atoms in total. The largest absolute Gasteiger partial charge is 0.370 e. The Morgan fingerprint density at radius 2 is 1.80 bits per heavy atom. The summed E-state index contributed by atoms with van der Waals surface area (Å²) in [6.07, 6.45) is 3.62. The Balaban J connectivity index is 1.44. The lowest BCUT2D eigenvalue weighted by Gasteiger charge is -2.29. The van der Waals surface area contributed by atoms with Crippen LogP contribution in [0.3, 0.4) is 0 Å². The molecule has 1 amide bonds. The smallest absolute Gasteiger partial charge is 0.269 e. The van der Waals surface area contributed by atoms with Crippen molar-refractivity contribution in [2.75, 3.05) is 23.3 Å². The highest BCUT2D eigenvalue weighted by Gasteiger charge is 2.19. The Morgan fingerprint density at radius 1 is 1.03 bits per heavy atom. The molecule has 0 spiro atoms. The van der Waals surface area contributed by atoms with Gasteiger partial charge in [-0.05, 0) is 61.8 Å². The normalized spacial score (nSPS) is 14.0. The van der Waals surface area contributed by atoms with Crippen molar-refractivity contribution in [3.05, 3.63) is 56.3 Å². The molecule has 1 aliphatic rings. The molecule has 1 fully saturated rings. The number of fused-ring (bicyclic) bond motifs is 1. The number of benzene rings is 2. The molecule has 0 bridgehead atoms. The van der Waals surface area contributed by atoms with E-state index in [1.165, 1.54) is 30.6 Å². The minimum atomic E-state index is -0.370. The van der Waals surface area contributed by atoms with Crippen LogP contribution in [0.4, 0.5) is 11.4 Å². The number of nitrogens with zero attached hydrogens (tertiary/aromatic N) is 1. The summed E-state index contributed by atoms with van der Waals surface area (Å²) >= 11 is 25.5. The van der Waals surface area contributed by atoms with Gasteiger partial charge in [0.25, 0.3) is 5.91 Å². The topological polar surface area (TPSA) is 44.4 Å². The van der Waals surface area contributed by atoms with E-state index in [0.717, 1.165) is 28.9 Å². The van der Waals surface area contributed by atoms with Gasteiger partial charge < -0.3 is 10.2 Å². The number of hydrogen-bond donors (Lipinski definition) is 2. The highest BCUT2D eigenvalue weighted by Crippen LogP contribution is 2.36. The Labute approximate surface area is 199 Å². The van der Waals surface area contributed by atoms with E-state index >= 15 is 0 Å². The van der Waals surface area contributed by atoms with E-state index in [-0.39, 0.29) is 11.0 Å². The second kappa shape index (κ2) is 9.28. The van der Waals surface area contributed by atoms with Gasteiger partial charge in [-0.3, -0.25) is 10.1 Å². The van der Waals surface area contributed by atoms with E-state index in [1.54, 1.807) is 18.2 Å². The van der Waals surface area contributed by atoms with E-state index in [1.807, 2.05) is 18.2 Å². The van der Waals surface area contributed by atoms with Gasteiger partial charge in [0.05, 0.1) is 15.7 Å². The third-order valence-corrected chi connectivity index (χ3v) is 7.33. The summed E-state index contributed by atoms with van der Waals surface area (Å²) in [6.45, 7) is 2.03. The van der Waals surface area contributed by atoms with Gasteiger partial charge in [0.15, 0.2) is 5.11 Å². The van der Waals surface area contributed by atoms with Crippen molar-refractivity contribution in [3.8, 4) is 0 Å². The van der Waals surface area contributed by atoms with Gasteiger partial charge >= 0.3 is 0 Å². The number of rotatable bonds is 3. The fourth-order valence-electron chi connectivity index (χ4n) is 3.48. The summed E-state index contributed by atoms with van der Waals surface area (Å²) in [5, 5.41) is 8.29. The van der Waals surface area contributed by atoms with Crippen molar-refractivity contribution in [1.29, 1.82) is 0 Å². The standard InChI is InChI=1S/C21H18Cl3N3OS2/c22-12-4-6-14-17(10-12)30-19(18(14)24)20(28)26-21(29)25-13-5-7-16(15(23)11-13)27-8-2-1-3-9-27/h4-7,10-11H,1-3,8-9H2,(H2,25,26,28,29). The fourth-order valence-corrected chi connectivity index (χ4v) is 5.68. The Morgan fingerprint density at radius 3 is 2.53 bits per heavy atom. The number of amides is 1. The number of piperidine rings is 1. The zero-order valence-corrected chi connectivity index (χ0v) is 19.7. The fraction of sp³-hybridized carbons (Fsp3) is 0.238. The molecule has 4 rings (SSSR count). The first kappa shape index (κ1) is 21.7. The molecule has 156 valence electrons.